The van der Waals surface area contributed by atoms with Gasteiger partial charge in [-0.3, -0.25) is 4.79 Å². The van der Waals surface area contributed by atoms with Crippen LogP contribution in [0.1, 0.15) is 36.9 Å². The van der Waals surface area contributed by atoms with Crippen LogP contribution in [0.15, 0.2) is 58.2 Å². The van der Waals surface area contributed by atoms with Gasteiger partial charge < -0.3 is 9.73 Å². The molecule has 0 unspecified atom stereocenters. The molecule has 7 heteroatoms. The minimum atomic E-state index is -0.346. The molecule has 1 amide bonds. The molecule has 1 heterocycles. The van der Waals surface area contributed by atoms with Crippen molar-refractivity contribution in [3.63, 3.8) is 0 Å². The quantitative estimate of drug-likeness (QED) is 0.592. The first-order chi connectivity index (χ1) is 13.6. The van der Waals surface area contributed by atoms with Crippen LogP contribution >= 0.6 is 23.4 Å². The van der Waals surface area contributed by atoms with Gasteiger partial charge in [0.1, 0.15) is 0 Å². The molecule has 2 atom stereocenters. The monoisotopic (exact) mass is 413 g/mol. The highest BCUT2D eigenvalue weighted by molar-refractivity contribution is 8.00. The van der Waals surface area contributed by atoms with E-state index in [2.05, 4.69) is 33.7 Å². The molecule has 1 N–H and O–H groups in total. The fourth-order valence-corrected chi connectivity index (χ4v) is 4.28. The fraction of sp³-hybridized carbons (Fsp3) is 0.286. The number of carbonyl (C=O) groups excluding carboxylic acids is 1. The number of nitrogens with zero attached hydrogens (tertiary/aromatic N) is 2. The normalized spacial score (nSPS) is 17.0. The second kappa shape index (κ2) is 8.37. The Labute approximate surface area is 172 Å². The average molecular weight is 414 g/mol. The van der Waals surface area contributed by atoms with Crippen molar-refractivity contribution in [1.82, 2.24) is 15.5 Å². The molecule has 0 saturated carbocycles. The maximum Gasteiger partial charge on any atom is 0.277 e. The van der Waals surface area contributed by atoms with Gasteiger partial charge in [0.2, 0.25) is 11.8 Å². The first-order valence-electron chi connectivity index (χ1n) is 9.24. The van der Waals surface area contributed by atoms with Crippen LogP contribution in [-0.2, 0) is 11.2 Å². The van der Waals surface area contributed by atoms with E-state index >= 15 is 0 Å². The molecule has 0 radical (unpaired) electrons. The lowest BCUT2D eigenvalue weighted by molar-refractivity contribution is -0.121. The number of aryl methyl sites for hydroxylation is 1. The van der Waals surface area contributed by atoms with E-state index in [9.17, 15) is 4.79 Å². The fourth-order valence-electron chi connectivity index (χ4n) is 3.39. The third-order valence-electron chi connectivity index (χ3n) is 4.81. The van der Waals surface area contributed by atoms with Gasteiger partial charge in [0.05, 0.1) is 11.3 Å². The molecule has 0 aliphatic heterocycles. The van der Waals surface area contributed by atoms with Gasteiger partial charge >= 0.3 is 0 Å². The lowest BCUT2D eigenvalue weighted by atomic mass is 9.88. The summed E-state index contributed by atoms with van der Waals surface area (Å²) in [5, 5.41) is 11.9. The summed E-state index contributed by atoms with van der Waals surface area (Å²) in [4.78, 5) is 12.7. The van der Waals surface area contributed by atoms with Gasteiger partial charge in [0.15, 0.2) is 0 Å². The number of hydrogen-bond acceptors (Lipinski definition) is 5. The zero-order valence-electron chi connectivity index (χ0n) is 15.4. The SMILES string of the molecule is C[C@@H](Sc1nnc(-c2cccc(Cl)c2)o1)C(=O)N[C@@H]1CCCc2ccccc21. The Morgan fingerprint density at radius 1 is 1.25 bits per heavy atom. The van der Waals surface area contributed by atoms with Gasteiger partial charge in [-0.05, 0) is 55.5 Å². The molecule has 0 spiro atoms. The van der Waals surface area contributed by atoms with E-state index in [1.54, 1.807) is 12.1 Å². The molecular formula is C21H20ClN3O2S. The zero-order valence-corrected chi connectivity index (χ0v) is 17.0. The van der Waals surface area contributed by atoms with E-state index in [-0.39, 0.29) is 17.2 Å². The third kappa shape index (κ3) is 4.23. The Bertz CT molecular complexity index is 991. The standard InChI is InChI=1S/C21H20ClN3O2S/c1-13(19(26)23-18-11-5-7-14-6-2-3-10-17(14)18)28-21-25-24-20(27-21)15-8-4-9-16(22)12-15/h2-4,6,8-10,12-13,18H,5,7,11H2,1H3,(H,23,26)/t13-,18-/m1/s1. The number of fused-ring (bicyclic) bond motifs is 1. The van der Waals surface area contributed by atoms with Crippen LogP contribution in [0.5, 0.6) is 0 Å². The number of rotatable bonds is 5. The van der Waals surface area contributed by atoms with Gasteiger partial charge in [-0.25, -0.2) is 0 Å². The summed E-state index contributed by atoms with van der Waals surface area (Å²) in [6.45, 7) is 1.85. The summed E-state index contributed by atoms with van der Waals surface area (Å²) < 4.78 is 5.69. The first-order valence-corrected chi connectivity index (χ1v) is 10.5. The molecule has 1 aliphatic carbocycles. The van der Waals surface area contributed by atoms with Crippen LogP contribution < -0.4 is 5.32 Å². The van der Waals surface area contributed by atoms with Crippen LogP contribution in [0, 0.1) is 0 Å². The lowest BCUT2D eigenvalue weighted by Gasteiger charge is -2.27. The molecular weight excluding hydrogens is 394 g/mol. The topological polar surface area (TPSA) is 68.0 Å². The smallest absolute Gasteiger partial charge is 0.277 e. The predicted molar refractivity (Wildman–Crippen MR) is 110 cm³/mol. The molecule has 144 valence electrons. The Morgan fingerprint density at radius 2 is 2.11 bits per heavy atom. The van der Waals surface area contributed by atoms with Crippen LogP contribution in [0.25, 0.3) is 11.5 Å². The zero-order chi connectivity index (χ0) is 19.5. The predicted octanol–water partition coefficient (Wildman–Crippen LogP) is 5.06. The summed E-state index contributed by atoms with van der Waals surface area (Å²) in [6.07, 6.45) is 3.11. The van der Waals surface area contributed by atoms with E-state index < -0.39 is 0 Å². The number of amides is 1. The number of thioether (sulfide) groups is 1. The maximum absolute atomic E-state index is 12.7. The molecule has 0 saturated heterocycles. The van der Waals surface area contributed by atoms with Crippen molar-refractivity contribution in [2.75, 3.05) is 0 Å². The maximum atomic E-state index is 12.7. The molecule has 5 nitrogen and oxygen atoms in total. The van der Waals surface area contributed by atoms with E-state index in [1.807, 2.05) is 25.1 Å². The average Bonchev–Trinajstić information content (AvgIpc) is 3.17. The van der Waals surface area contributed by atoms with Crippen molar-refractivity contribution >= 4 is 29.3 Å². The van der Waals surface area contributed by atoms with E-state index in [0.29, 0.717) is 16.1 Å². The van der Waals surface area contributed by atoms with E-state index in [1.165, 1.54) is 22.9 Å². The molecule has 1 aromatic heterocycles. The Balaban J connectivity index is 1.40. The van der Waals surface area contributed by atoms with E-state index in [0.717, 1.165) is 24.8 Å². The van der Waals surface area contributed by atoms with Crippen LogP contribution in [0.4, 0.5) is 0 Å². The number of hydrogen-bond donors (Lipinski definition) is 1. The van der Waals surface area contributed by atoms with E-state index in [4.69, 9.17) is 16.0 Å². The van der Waals surface area contributed by atoms with Crippen LogP contribution in [0.3, 0.4) is 0 Å². The molecule has 0 bridgehead atoms. The van der Waals surface area contributed by atoms with Crippen molar-refractivity contribution in [1.29, 1.82) is 0 Å². The van der Waals surface area contributed by atoms with Gasteiger partial charge in [-0.2, -0.15) is 0 Å². The second-order valence-electron chi connectivity index (χ2n) is 6.80. The van der Waals surface area contributed by atoms with Crippen LogP contribution in [0.2, 0.25) is 5.02 Å². The molecule has 2 aromatic carbocycles. The highest BCUT2D eigenvalue weighted by Crippen LogP contribution is 2.31. The first kappa shape index (κ1) is 19.0. The molecule has 4 rings (SSSR count). The highest BCUT2D eigenvalue weighted by atomic mass is 35.5. The van der Waals surface area contributed by atoms with Crippen molar-refractivity contribution in [2.45, 2.75) is 42.7 Å². The van der Waals surface area contributed by atoms with Crippen molar-refractivity contribution < 1.29 is 9.21 Å². The Hall–Kier alpha value is -2.31. The second-order valence-corrected chi connectivity index (χ2v) is 8.52. The van der Waals surface area contributed by atoms with Gasteiger partial charge in [-0.1, -0.05) is 53.7 Å². The molecule has 3 aromatic rings. The van der Waals surface area contributed by atoms with Crippen molar-refractivity contribution in [3.8, 4) is 11.5 Å². The highest BCUT2D eigenvalue weighted by Gasteiger charge is 2.25. The minimum absolute atomic E-state index is 0.0331. The van der Waals surface area contributed by atoms with Crippen molar-refractivity contribution in [3.05, 3.63) is 64.7 Å². The lowest BCUT2D eigenvalue weighted by Crippen LogP contribution is -2.35. The summed E-state index contributed by atoms with van der Waals surface area (Å²) in [7, 11) is 0. The van der Waals surface area contributed by atoms with Crippen molar-refractivity contribution in [2.24, 2.45) is 0 Å². The minimum Gasteiger partial charge on any atom is -0.411 e. The largest absolute Gasteiger partial charge is 0.411 e. The number of carbonyl (C=O) groups is 1. The van der Waals surface area contributed by atoms with Gasteiger partial charge in [0, 0.05) is 10.6 Å². The third-order valence-corrected chi connectivity index (χ3v) is 5.98. The molecule has 1 aliphatic rings. The molecule has 0 fully saturated rings. The summed E-state index contributed by atoms with van der Waals surface area (Å²) in [5.41, 5.74) is 3.30. The van der Waals surface area contributed by atoms with Gasteiger partial charge in [-0.15, -0.1) is 10.2 Å². The Kier molecular flexibility index (Phi) is 5.69. The number of nitrogens with one attached hydrogen (secondary N) is 1. The number of benzene rings is 2. The molecule has 28 heavy (non-hydrogen) atoms. The summed E-state index contributed by atoms with van der Waals surface area (Å²) >= 11 is 7.26. The number of halogens is 1. The van der Waals surface area contributed by atoms with Gasteiger partial charge in [0.25, 0.3) is 5.22 Å². The van der Waals surface area contributed by atoms with Crippen LogP contribution in [-0.4, -0.2) is 21.4 Å². The summed E-state index contributed by atoms with van der Waals surface area (Å²) in [5.74, 6) is 0.355. The Morgan fingerprint density at radius 3 is 2.96 bits per heavy atom. The summed E-state index contributed by atoms with van der Waals surface area (Å²) in [6, 6.07) is 15.6. The number of aromatic nitrogens is 2.